The van der Waals surface area contributed by atoms with E-state index in [0.717, 1.165) is 29.6 Å². The number of aromatic nitrogens is 4. The van der Waals surface area contributed by atoms with E-state index in [1.54, 1.807) is 13.0 Å². The van der Waals surface area contributed by atoms with Gasteiger partial charge in [-0.15, -0.1) is 0 Å². The Labute approximate surface area is 144 Å². The Balaban J connectivity index is 1.84. The van der Waals surface area contributed by atoms with Gasteiger partial charge in [-0.05, 0) is 31.5 Å². The summed E-state index contributed by atoms with van der Waals surface area (Å²) in [6.45, 7) is 3.85. The third-order valence-electron chi connectivity index (χ3n) is 3.96. The maximum absolute atomic E-state index is 12.4. The van der Waals surface area contributed by atoms with E-state index >= 15 is 0 Å². The molecular formula is C17H19ClN4O2. The maximum atomic E-state index is 12.4. The molecule has 1 atom stereocenters. The van der Waals surface area contributed by atoms with Crippen LogP contribution in [-0.4, -0.2) is 25.7 Å². The predicted molar refractivity (Wildman–Crippen MR) is 92.1 cm³/mol. The molecule has 3 aromatic rings. The topological polar surface area (TPSA) is 72.8 Å². The van der Waals surface area contributed by atoms with Crippen molar-refractivity contribution < 1.29 is 9.53 Å². The van der Waals surface area contributed by atoms with E-state index in [9.17, 15) is 4.79 Å². The Morgan fingerprint density at radius 1 is 1.46 bits per heavy atom. The number of nitrogens with one attached hydrogen (secondary N) is 1. The molecule has 24 heavy (non-hydrogen) atoms. The molecule has 0 radical (unpaired) electrons. The number of halogens is 1. The molecule has 1 unspecified atom stereocenters. The molecular weight excluding hydrogens is 328 g/mol. The number of imidazole rings is 1. The minimum Gasteiger partial charge on any atom is -0.451 e. The lowest BCUT2D eigenvalue weighted by atomic mass is 10.1. The van der Waals surface area contributed by atoms with Crippen molar-refractivity contribution in [2.45, 2.75) is 32.8 Å². The maximum Gasteiger partial charge on any atom is 0.342 e. The molecule has 0 fully saturated rings. The molecule has 1 N–H and O–H groups in total. The number of aryl methyl sites for hydroxylation is 2. The van der Waals surface area contributed by atoms with Crippen LogP contribution >= 0.6 is 11.6 Å². The van der Waals surface area contributed by atoms with Crippen LogP contribution in [0.15, 0.2) is 24.4 Å². The van der Waals surface area contributed by atoms with Crippen LogP contribution in [-0.2, 0) is 18.2 Å². The first kappa shape index (κ1) is 16.5. The molecule has 0 aliphatic carbocycles. The van der Waals surface area contributed by atoms with Gasteiger partial charge in [0.2, 0.25) is 0 Å². The summed E-state index contributed by atoms with van der Waals surface area (Å²) < 4.78 is 7.50. The highest BCUT2D eigenvalue weighted by molar-refractivity contribution is 6.31. The van der Waals surface area contributed by atoms with Crippen LogP contribution in [0.1, 0.15) is 48.2 Å². The number of hydrogen-bond donors (Lipinski definition) is 1. The second-order valence-electron chi connectivity index (χ2n) is 5.72. The van der Waals surface area contributed by atoms with E-state index in [4.69, 9.17) is 16.3 Å². The normalized spacial score (nSPS) is 12.5. The van der Waals surface area contributed by atoms with E-state index < -0.39 is 12.1 Å². The summed E-state index contributed by atoms with van der Waals surface area (Å²) in [7, 11) is 1.89. The van der Waals surface area contributed by atoms with E-state index in [2.05, 4.69) is 15.2 Å². The monoisotopic (exact) mass is 346 g/mol. The van der Waals surface area contributed by atoms with Crippen molar-refractivity contribution in [2.24, 2.45) is 7.05 Å². The number of carbonyl (C=O) groups excluding carboxylic acids is 1. The number of fused-ring (bicyclic) bond motifs is 1. The van der Waals surface area contributed by atoms with Crippen LogP contribution < -0.4 is 0 Å². The fourth-order valence-corrected chi connectivity index (χ4v) is 2.93. The predicted octanol–water partition coefficient (Wildman–Crippen LogP) is 3.82. The zero-order valence-electron chi connectivity index (χ0n) is 13.8. The molecule has 3 rings (SSSR count). The first-order valence-electron chi connectivity index (χ1n) is 7.86. The van der Waals surface area contributed by atoms with Gasteiger partial charge >= 0.3 is 5.97 Å². The lowest BCUT2D eigenvalue weighted by molar-refractivity contribution is 0.0314. The molecule has 126 valence electrons. The minimum absolute atomic E-state index is 0.398. The standard InChI is InChI=1S/C17H19ClN4O2/c1-4-5-13-12(9-19-21-13)17(23)24-10(2)16-20-14-8-11(18)6-7-15(14)22(16)3/h6-10H,4-5H2,1-3H3,(H,19,21). The summed E-state index contributed by atoms with van der Waals surface area (Å²) in [4.78, 5) is 17.0. The Morgan fingerprint density at radius 2 is 2.25 bits per heavy atom. The van der Waals surface area contributed by atoms with Gasteiger partial charge in [0.1, 0.15) is 5.56 Å². The van der Waals surface area contributed by atoms with Crippen LogP contribution in [0.3, 0.4) is 0 Å². The molecule has 6 nitrogen and oxygen atoms in total. The zero-order valence-corrected chi connectivity index (χ0v) is 14.6. The van der Waals surface area contributed by atoms with Crippen LogP contribution in [0.5, 0.6) is 0 Å². The first-order chi connectivity index (χ1) is 11.5. The van der Waals surface area contributed by atoms with Crippen LogP contribution in [0, 0.1) is 0 Å². The van der Waals surface area contributed by atoms with E-state index in [1.807, 2.05) is 30.7 Å². The number of rotatable bonds is 5. The van der Waals surface area contributed by atoms with Gasteiger partial charge in [0, 0.05) is 17.8 Å². The van der Waals surface area contributed by atoms with Gasteiger partial charge in [0.15, 0.2) is 11.9 Å². The number of carbonyl (C=O) groups is 1. The first-order valence-corrected chi connectivity index (χ1v) is 8.24. The highest BCUT2D eigenvalue weighted by Crippen LogP contribution is 2.25. The average molecular weight is 347 g/mol. The number of H-pyrrole nitrogens is 1. The molecule has 0 spiro atoms. The largest absolute Gasteiger partial charge is 0.451 e. The van der Waals surface area contributed by atoms with Gasteiger partial charge in [0.05, 0.1) is 17.2 Å². The fraction of sp³-hybridized carbons (Fsp3) is 0.353. The van der Waals surface area contributed by atoms with Crippen LogP contribution in [0.25, 0.3) is 11.0 Å². The Bertz CT molecular complexity index is 884. The average Bonchev–Trinajstić information content (AvgIpc) is 3.12. The molecule has 0 aliphatic rings. The minimum atomic E-state index is -0.488. The van der Waals surface area contributed by atoms with Crippen molar-refractivity contribution in [3.8, 4) is 0 Å². The number of aromatic amines is 1. The lowest BCUT2D eigenvalue weighted by Gasteiger charge is -2.13. The van der Waals surface area contributed by atoms with E-state index in [0.29, 0.717) is 16.4 Å². The van der Waals surface area contributed by atoms with Crippen molar-refractivity contribution in [1.29, 1.82) is 0 Å². The summed E-state index contributed by atoms with van der Waals surface area (Å²) in [6, 6.07) is 5.51. The molecule has 0 bridgehead atoms. The molecule has 2 aromatic heterocycles. The van der Waals surface area contributed by atoms with E-state index in [1.165, 1.54) is 6.20 Å². The summed E-state index contributed by atoms with van der Waals surface area (Å²) >= 11 is 6.01. The van der Waals surface area contributed by atoms with Crippen LogP contribution in [0.4, 0.5) is 0 Å². The number of ether oxygens (including phenoxy) is 1. The van der Waals surface area contributed by atoms with Crippen molar-refractivity contribution in [3.63, 3.8) is 0 Å². The highest BCUT2D eigenvalue weighted by Gasteiger charge is 2.22. The number of benzene rings is 1. The second-order valence-corrected chi connectivity index (χ2v) is 6.16. The van der Waals surface area contributed by atoms with Crippen molar-refractivity contribution >= 4 is 28.6 Å². The third-order valence-corrected chi connectivity index (χ3v) is 4.20. The lowest BCUT2D eigenvalue weighted by Crippen LogP contribution is -2.13. The van der Waals surface area contributed by atoms with Gasteiger partial charge in [-0.3, -0.25) is 5.10 Å². The van der Waals surface area contributed by atoms with Crippen LogP contribution in [0.2, 0.25) is 5.02 Å². The summed E-state index contributed by atoms with van der Waals surface area (Å²) in [5, 5.41) is 7.42. The van der Waals surface area contributed by atoms with Crippen molar-refractivity contribution in [1.82, 2.24) is 19.7 Å². The van der Waals surface area contributed by atoms with Gasteiger partial charge in [0.25, 0.3) is 0 Å². The summed E-state index contributed by atoms with van der Waals surface area (Å²) in [5.41, 5.74) is 2.99. The van der Waals surface area contributed by atoms with Gasteiger partial charge in [-0.1, -0.05) is 24.9 Å². The number of esters is 1. The molecule has 0 saturated carbocycles. The Kier molecular flexibility index (Phi) is 4.57. The van der Waals surface area contributed by atoms with Crippen molar-refractivity contribution in [3.05, 3.63) is 46.5 Å². The molecule has 1 aromatic carbocycles. The van der Waals surface area contributed by atoms with Gasteiger partial charge in [-0.2, -0.15) is 5.10 Å². The highest BCUT2D eigenvalue weighted by atomic mass is 35.5. The molecule has 0 aliphatic heterocycles. The molecule has 0 saturated heterocycles. The quantitative estimate of drug-likeness (QED) is 0.713. The van der Waals surface area contributed by atoms with E-state index in [-0.39, 0.29) is 0 Å². The molecule has 0 amide bonds. The fourth-order valence-electron chi connectivity index (χ4n) is 2.76. The number of hydrogen-bond acceptors (Lipinski definition) is 4. The molecule has 2 heterocycles. The smallest absolute Gasteiger partial charge is 0.342 e. The molecule has 7 heteroatoms. The van der Waals surface area contributed by atoms with Gasteiger partial charge < -0.3 is 9.30 Å². The Morgan fingerprint density at radius 3 is 3.00 bits per heavy atom. The Hall–Kier alpha value is -2.34. The summed E-state index contributed by atoms with van der Waals surface area (Å²) in [5.74, 6) is 0.269. The second kappa shape index (κ2) is 6.65. The number of nitrogens with zero attached hydrogens (tertiary/aromatic N) is 3. The summed E-state index contributed by atoms with van der Waals surface area (Å²) in [6.07, 6.45) is 2.69. The SMILES string of the molecule is CCCc1[nH]ncc1C(=O)OC(C)c1nc2cc(Cl)ccc2n1C. The zero-order chi connectivity index (χ0) is 17.3. The van der Waals surface area contributed by atoms with Crippen molar-refractivity contribution in [2.75, 3.05) is 0 Å². The third kappa shape index (κ3) is 3.01. The van der Waals surface area contributed by atoms with Gasteiger partial charge in [-0.25, -0.2) is 9.78 Å².